The van der Waals surface area contributed by atoms with E-state index >= 15 is 0 Å². The lowest BCUT2D eigenvalue weighted by molar-refractivity contribution is -0.132. The fraction of sp³-hybridized carbons (Fsp3) is 0.0625. The minimum atomic E-state index is -0.560. The number of carbonyl (C=O) groups excluding carboxylic acids is 2. The van der Waals surface area contributed by atoms with Gasteiger partial charge in [0.1, 0.15) is 5.71 Å². The highest BCUT2D eigenvalue weighted by Crippen LogP contribution is 2.19. The summed E-state index contributed by atoms with van der Waals surface area (Å²) in [5.41, 5.74) is 5.15. The summed E-state index contributed by atoms with van der Waals surface area (Å²) in [5, 5.41) is 4.72. The van der Waals surface area contributed by atoms with Crippen molar-refractivity contribution in [1.82, 2.24) is 0 Å². The molecule has 1 N–H and O–H groups in total. The maximum Gasteiger partial charge on any atom is 0.249 e. The number of benzene rings is 2. The molecule has 4 nitrogen and oxygen atoms in total. The third-order valence-electron chi connectivity index (χ3n) is 3.23. The standard InChI is InChI=1S/C16H11ClN2O2/c17-11-5-7-12(8-6-11)18-19-15-13-4-2-1-3-10(13)9-14(20)16(15)21/h1-8,18H,9H2/b19-15-. The SMILES string of the molecule is O=C1Cc2ccccc2/C(=N/Nc2ccc(Cl)cc2)C1=O. The fourth-order valence-corrected chi connectivity index (χ4v) is 2.29. The predicted octanol–water partition coefficient (Wildman–Crippen LogP) is 2.85. The highest BCUT2D eigenvalue weighted by Gasteiger charge is 2.30. The van der Waals surface area contributed by atoms with Gasteiger partial charge in [0, 0.05) is 17.0 Å². The first kappa shape index (κ1) is 13.5. The summed E-state index contributed by atoms with van der Waals surface area (Å²) in [6.07, 6.45) is 0.134. The third kappa shape index (κ3) is 2.71. The Morgan fingerprint density at radius 2 is 1.71 bits per heavy atom. The maximum absolute atomic E-state index is 12.0. The maximum atomic E-state index is 12.0. The number of nitrogens with one attached hydrogen (secondary N) is 1. The first-order chi connectivity index (χ1) is 10.1. The van der Waals surface area contributed by atoms with Crippen molar-refractivity contribution in [2.24, 2.45) is 5.10 Å². The lowest BCUT2D eigenvalue weighted by Crippen LogP contribution is -2.33. The highest BCUT2D eigenvalue weighted by molar-refractivity contribution is 6.70. The number of nitrogens with zero attached hydrogens (tertiary/aromatic N) is 1. The fourth-order valence-electron chi connectivity index (χ4n) is 2.17. The van der Waals surface area contributed by atoms with Crippen molar-refractivity contribution in [3.8, 4) is 0 Å². The molecule has 0 bridgehead atoms. The molecule has 2 aromatic rings. The number of hydrogen-bond donors (Lipinski definition) is 1. The zero-order valence-electron chi connectivity index (χ0n) is 11.0. The minimum absolute atomic E-state index is 0.134. The van der Waals surface area contributed by atoms with E-state index in [1.54, 1.807) is 30.3 Å². The predicted molar refractivity (Wildman–Crippen MR) is 81.8 cm³/mol. The molecule has 21 heavy (non-hydrogen) atoms. The van der Waals surface area contributed by atoms with E-state index in [2.05, 4.69) is 10.5 Å². The van der Waals surface area contributed by atoms with Gasteiger partial charge in [-0.1, -0.05) is 35.9 Å². The number of hydrazone groups is 1. The van der Waals surface area contributed by atoms with Gasteiger partial charge in [-0.25, -0.2) is 0 Å². The summed E-state index contributed by atoms with van der Waals surface area (Å²) in [6, 6.07) is 14.2. The molecule has 5 heteroatoms. The van der Waals surface area contributed by atoms with Gasteiger partial charge in [0.15, 0.2) is 0 Å². The van der Waals surface area contributed by atoms with Crippen LogP contribution in [0.4, 0.5) is 5.69 Å². The van der Waals surface area contributed by atoms with E-state index in [1.807, 2.05) is 18.2 Å². The van der Waals surface area contributed by atoms with E-state index in [0.29, 0.717) is 16.3 Å². The number of fused-ring (bicyclic) bond motifs is 1. The summed E-state index contributed by atoms with van der Waals surface area (Å²) < 4.78 is 0. The molecule has 0 fully saturated rings. The van der Waals surface area contributed by atoms with Gasteiger partial charge in [0.2, 0.25) is 11.6 Å². The van der Waals surface area contributed by atoms with E-state index in [1.165, 1.54) is 0 Å². The zero-order chi connectivity index (χ0) is 14.8. The number of hydrogen-bond acceptors (Lipinski definition) is 4. The molecule has 0 atom stereocenters. The van der Waals surface area contributed by atoms with Gasteiger partial charge in [0.05, 0.1) is 5.69 Å². The van der Waals surface area contributed by atoms with Crippen molar-refractivity contribution in [2.45, 2.75) is 6.42 Å². The Hall–Kier alpha value is -2.46. The molecule has 0 amide bonds. The zero-order valence-corrected chi connectivity index (χ0v) is 11.7. The smallest absolute Gasteiger partial charge is 0.249 e. The van der Waals surface area contributed by atoms with Gasteiger partial charge in [0.25, 0.3) is 0 Å². The number of anilines is 1. The average molecular weight is 299 g/mol. The van der Waals surface area contributed by atoms with E-state index in [0.717, 1.165) is 5.56 Å². The molecular weight excluding hydrogens is 288 g/mol. The summed E-state index contributed by atoms with van der Waals surface area (Å²) in [7, 11) is 0. The van der Waals surface area contributed by atoms with E-state index in [-0.39, 0.29) is 12.1 Å². The molecule has 0 saturated heterocycles. The van der Waals surface area contributed by atoms with Crippen LogP contribution >= 0.6 is 11.6 Å². The number of carbonyl (C=O) groups is 2. The van der Waals surface area contributed by atoms with Gasteiger partial charge in [-0.15, -0.1) is 0 Å². The molecule has 0 aliphatic heterocycles. The molecule has 0 unspecified atom stereocenters. The van der Waals surface area contributed by atoms with Crippen LogP contribution in [0, 0.1) is 0 Å². The summed E-state index contributed by atoms with van der Waals surface area (Å²) >= 11 is 5.81. The number of ketones is 2. The quantitative estimate of drug-likeness (QED) is 0.685. The van der Waals surface area contributed by atoms with Crippen molar-refractivity contribution < 1.29 is 9.59 Å². The monoisotopic (exact) mass is 298 g/mol. The Bertz CT molecular complexity index is 751. The van der Waals surface area contributed by atoms with Crippen LogP contribution in [-0.2, 0) is 16.0 Å². The average Bonchev–Trinajstić information content (AvgIpc) is 2.49. The molecule has 0 spiro atoms. The molecular formula is C16H11ClN2O2. The molecule has 2 aromatic carbocycles. The lowest BCUT2D eigenvalue weighted by Gasteiger charge is -2.15. The van der Waals surface area contributed by atoms with Crippen molar-refractivity contribution in [3.63, 3.8) is 0 Å². The van der Waals surface area contributed by atoms with Crippen molar-refractivity contribution in [2.75, 3.05) is 5.43 Å². The molecule has 0 saturated carbocycles. The molecule has 0 radical (unpaired) electrons. The second-order valence-corrected chi connectivity index (χ2v) is 5.10. The molecule has 104 valence electrons. The second-order valence-electron chi connectivity index (χ2n) is 4.67. The first-order valence-corrected chi connectivity index (χ1v) is 6.78. The van der Waals surface area contributed by atoms with Crippen molar-refractivity contribution in [3.05, 3.63) is 64.7 Å². The number of Topliss-reactive ketones (excluding diaryl/α,β-unsaturated/α-hetero) is 2. The van der Waals surface area contributed by atoms with E-state index < -0.39 is 11.6 Å². The van der Waals surface area contributed by atoms with Gasteiger partial charge in [-0.05, 0) is 29.8 Å². The second kappa shape index (κ2) is 5.50. The molecule has 3 rings (SSSR count). The number of halogens is 1. The lowest BCUT2D eigenvalue weighted by atomic mass is 9.88. The van der Waals surface area contributed by atoms with E-state index in [4.69, 9.17) is 11.6 Å². The van der Waals surface area contributed by atoms with Crippen molar-refractivity contribution >= 4 is 34.6 Å². The topological polar surface area (TPSA) is 58.5 Å². The van der Waals surface area contributed by atoms with E-state index in [9.17, 15) is 9.59 Å². The molecule has 0 aromatic heterocycles. The Labute approximate surface area is 126 Å². The summed E-state index contributed by atoms with van der Waals surface area (Å²) in [5.74, 6) is -1.000. The van der Waals surface area contributed by atoms with Crippen LogP contribution in [0.15, 0.2) is 53.6 Å². The summed E-state index contributed by atoms with van der Waals surface area (Å²) in [6.45, 7) is 0. The molecule has 1 aliphatic rings. The minimum Gasteiger partial charge on any atom is -0.290 e. The van der Waals surface area contributed by atoms with Crippen LogP contribution in [0.25, 0.3) is 0 Å². The van der Waals surface area contributed by atoms with Crippen LogP contribution in [0.5, 0.6) is 0 Å². The number of rotatable bonds is 2. The Morgan fingerprint density at radius 3 is 2.48 bits per heavy atom. The highest BCUT2D eigenvalue weighted by atomic mass is 35.5. The van der Waals surface area contributed by atoms with Crippen LogP contribution in [0.2, 0.25) is 5.02 Å². The first-order valence-electron chi connectivity index (χ1n) is 6.40. The Balaban J connectivity index is 1.96. The van der Waals surface area contributed by atoms with Gasteiger partial charge in [-0.2, -0.15) is 5.10 Å². The Kier molecular flexibility index (Phi) is 3.54. The molecule has 0 heterocycles. The normalized spacial score (nSPS) is 16.0. The summed E-state index contributed by atoms with van der Waals surface area (Å²) in [4.78, 5) is 23.8. The van der Waals surface area contributed by atoms with Gasteiger partial charge in [-0.3, -0.25) is 15.0 Å². The molecule has 1 aliphatic carbocycles. The van der Waals surface area contributed by atoms with Gasteiger partial charge >= 0.3 is 0 Å². The van der Waals surface area contributed by atoms with Crippen LogP contribution in [0.3, 0.4) is 0 Å². The van der Waals surface area contributed by atoms with Crippen molar-refractivity contribution in [1.29, 1.82) is 0 Å². The van der Waals surface area contributed by atoms with Gasteiger partial charge < -0.3 is 0 Å². The van der Waals surface area contributed by atoms with Crippen LogP contribution in [-0.4, -0.2) is 17.3 Å². The largest absolute Gasteiger partial charge is 0.290 e. The van der Waals surface area contributed by atoms with Crippen LogP contribution < -0.4 is 5.43 Å². The third-order valence-corrected chi connectivity index (χ3v) is 3.48. The van der Waals surface area contributed by atoms with Crippen LogP contribution in [0.1, 0.15) is 11.1 Å². The Morgan fingerprint density at radius 1 is 1.00 bits per heavy atom.